The summed E-state index contributed by atoms with van der Waals surface area (Å²) in [6.07, 6.45) is -3.01. The average Bonchev–Trinajstić information content (AvgIpc) is 3.12. The highest BCUT2D eigenvalue weighted by atomic mass is 19.4. The fourth-order valence-electron chi connectivity index (χ4n) is 2.28. The van der Waals surface area contributed by atoms with Crippen molar-refractivity contribution in [2.45, 2.75) is 6.18 Å². The summed E-state index contributed by atoms with van der Waals surface area (Å²) in [5.74, 6) is -0.626. The molecule has 0 saturated heterocycles. The van der Waals surface area contributed by atoms with Crippen LogP contribution in [0.3, 0.4) is 0 Å². The molecule has 1 aromatic heterocycles. The molecule has 0 saturated carbocycles. The zero-order valence-corrected chi connectivity index (χ0v) is 13.5. The first kappa shape index (κ1) is 18.1. The van der Waals surface area contributed by atoms with Crippen molar-refractivity contribution >= 4 is 17.3 Å². The summed E-state index contributed by atoms with van der Waals surface area (Å²) in [5.41, 5.74) is -0.383. The molecular weight excluding hydrogens is 365 g/mol. The Hall–Kier alpha value is -3.69. The Bertz CT molecular complexity index is 997. The number of anilines is 1. The highest BCUT2D eigenvalue weighted by molar-refractivity contribution is 6.02. The smallest absolute Gasteiger partial charge is 0.321 e. The molecule has 1 amide bonds. The molecule has 0 aliphatic carbocycles. The lowest BCUT2D eigenvalue weighted by molar-refractivity contribution is -0.384. The summed E-state index contributed by atoms with van der Waals surface area (Å²) in [6.45, 7) is 0. The molecule has 0 bridgehead atoms. The monoisotopic (exact) mass is 376 g/mol. The predicted octanol–water partition coefficient (Wildman–Crippen LogP) is 4.05. The second kappa shape index (κ2) is 6.90. The van der Waals surface area contributed by atoms with Gasteiger partial charge in [-0.05, 0) is 36.4 Å². The van der Waals surface area contributed by atoms with E-state index in [1.54, 1.807) is 6.07 Å². The third-order valence-corrected chi connectivity index (χ3v) is 3.60. The maximum Gasteiger partial charge on any atom is 0.416 e. The number of non-ortho nitro benzene ring substituents is 1. The summed E-state index contributed by atoms with van der Waals surface area (Å²) in [5, 5.41) is 17.3. The highest BCUT2D eigenvalue weighted by Crippen LogP contribution is 2.29. The van der Waals surface area contributed by atoms with Crippen LogP contribution in [0.1, 0.15) is 16.1 Å². The highest BCUT2D eigenvalue weighted by Gasteiger charge is 2.30. The van der Waals surface area contributed by atoms with Crippen molar-refractivity contribution in [3.63, 3.8) is 0 Å². The Morgan fingerprint density at radius 2 is 1.81 bits per heavy atom. The molecular formula is C17H11F3N4O3. The van der Waals surface area contributed by atoms with E-state index in [0.717, 1.165) is 24.3 Å². The van der Waals surface area contributed by atoms with Gasteiger partial charge < -0.3 is 5.32 Å². The quantitative estimate of drug-likeness (QED) is 0.549. The van der Waals surface area contributed by atoms with Gasteiger partial charge in [-0.1, -0.05) is 6.07 Å². The number of hydrogen-bond donors (Lipinski definition) is 1. The van der Waals surface area contributed by atoms with Gasteiger partial charge in [0.05, 0.1) is 16.2 Å². The minimum atomic E-state index is -4.46. The number of amides is 1. The van der Waals surface area contributed by atoms with E-state index in [4.69, 9.17) is 0 Å². The normalized spacial score (nSPS) is 11.2. The Balaban J connectivity index is 1.75. The molecule has 0 fully saturated rings. The lowest BCUT2D eigenvalue weighted by atomic mass is 10.2. The molecule has 0 spiro atoms. The van der Waals surface area contributed by atoms with Crippen molar-refractivity contribution in [3.05, 3.63) is 82.2 Å². The SMILES string of the molecule is O=C(Nc1ccc(C(F)(F)F)cc1)c1ccn(-c2cccc([N+](=O)[O-])c2)n1. The average molecular weight is 376 g/mol. The summed E-state index contributed by atoms with van der Waals surface area (Å²) >= 11 is 0. The molecule has 3 aromatic rings. The molecule has 0 aliphatic heterocycles. The van der Waals surface area contributed by atoms with Gasteiger partial charge in [-0.25, -0.2) is 4.68 Å². The summed E-state index contributed by atoms with van der Waals surface area (Å²) in [4.78, 5) is 22.5. The van der Waals surface area contributed by atoms with E-state index in [2.05, 4.69) is 10.4 Å². The zero-order chi connectivity index (χ0) is 19.6. The van der Waals surface area contributed by atoms with Crippen LogP contribution in [0.2, 0.25) is 0 Å². The summed E-state index contributed by atoms with van der Waals surface area (Å²) < 4.78 is 38.9. The number of alkyl halides is 3. The van der Waals surface area contributed by atoms with Crippen LogP contribution >= 0.6 is 0 Å². The maximum absolute atomic E-state index is 12.5. The fourth-order valence-corrected chi connectivity index (χ4v) is 2.28. The van der Waals surface area contributed by atoms with Crippen LogP contribution in [0, 0.1) is 10.1 Å². The van der Waals surface area contributed by atoms with E-state index < -0.39 is 22.6 Å². The number of carbonyl (C=O) groups excluding carboxylic acids is 1. The Labute approximate surface area is 150 Å². The number of benzene rings is 2. The van der Waals surface area contributed by atoms with Crippen LogP contribution in [-0.4, -0.2) is 20.6 Å². The number of nitrogens with zero attached hydrogens (tertiary/aromatic N) is 3. The Morgan fingerprint density at radius 1 is 1.11 bits per heavy atom. The van der Waals surface area contributed by atoms with Gasteiger partial charge in [0, 0.05) is 24.0 Å². The van der Waals surface area contributed by atoms with Crippen molar-refractivity contribution < 1.29 is 22.9 Å². The molecule has 0 unspecified atom stereocenters. The van der Waals surface area contributed by atoms with Gasteiger partial charge >= 0.3 is 6.18 Å². The van der Waals surface area contributed by atoms with Crippen LogP contribution in [0.25, 0.3) is 5.69 Å². The number of aromatic nitrogens is 2. The van der Waals surface area contributed by atoms with Crippen LogP contribution in [0.5, 0.6) is 0 Å². The van der Waals surface area contributed by atoms with Gasteiger partial charge in [0.25, 0.3) is 11.6 Å². The van der Waals surface area contributed by atoms with E-state index in [9.17, 15) is 28.1 Å². The number of halogens is 3. The van der Waals surface area contributed by atoms with Gasteiger partial charge in [-0.15, -0.1) is 0 Å². The van der Waals surface area contributed by atoms with Crippen molar-refractivity contribution in [2.24, 2.45) is 0 Å². The van der Waals surface area contributed by atoms with Crippen molar-refractivity contribution in [1.29, 1.82) is 0 Å². The van der Waals surface area contributed by atoms with Gasteiger partial charge in [0.1, 0.15) is 0 Å². The van der Waals surface area contributed by atoms with Crippen LogP contribution in [0.15, 0.2) is 60.8 Å². The first-order chi connectivity index (χ1) is 12.7. The minimum absolute atomic E-state index is 0.00130. The lowest BCUT2D eigenvalue weighted by Gasteiger charge is -2.08. The topological polar surface area (TPSA) is 90.1 Å². The number of carbonyl (C=O) groups is 1. The first-order valence-electron chi connectivity index (χ1n) is 7.53. The largest absolute Gasteiger partial charge is 0.416 e. The number of nitrogens with one attached hydrogen (secondary N) is 1. The molecule has 10 heteroatoms. The standard InChI is InChI=1S/C17H11F3N4O3/c18-17(19,20)11-4-6-12(7-5-11)21-16(25)15-8-9-23(22-15)13-2-1-3-14(10-13)24(26)27/h1-10H,(H,21,25). The van der Waals surface area contributed by atoms with Crippen LogP contribution in [-0.2, 0) is 6.18 Å². The zero-order valence-electron chi connectivity index (χ0n) is 13.5. The second-order valence-corrected chi connectivity index (χ2v) is 5.45. The van der Waals surface area contributed by atoms with Crippen molar-refractivity contribution in [1.82, 2.24) is 9.78 Å². The first-order valence-corrected chi connectivity index (χ1v) is 7.53. The van der Waals surface area contributed by atoms with E-state index >= 15 is 0 Å². The number of hydrogen-bond acceptors (Lipinski definition) is 4. The third-order valence-electron chi connectivity index (χ3n) is 3.60. The van der Waals surface area contributed by atoms with E-state index in [1.807, 2.05) is 0 Å². The molecule has 1 N–H and O–H groups in total. The van der Waals surface area contributed by atoms with Crippen molar-refractivity contribution in [3.8, 4) is 5.69 Å². The fraction of sp³-hybridized carbons (Fsp3) is 0.0588. The summed E-state index contributed by atoms with van der Waals surface area (Å²) in [6, 6.07) is 11.1. The van der Waals surface area contributed by atoms with E-state index in [0.29, 0.717) is 5.69 Å². The minimum Gasteiger partial charge on any atom is -0.321 e. The van der Waals surface area contributed by atoms with Crippen molar-refractivity contribution in [2.75, 3.05) is 5.32 Å². The summed E-state index contributed by atoms with van der Waals surface area (Å²) in [7, 11) is 0. The Morgan fingerprint density at radius 3 is 2.44 bits per heavy atom. The van der Waals surface area contributed by atoms with E-state index in [1.165, 1.54) is 35.1 Å². The maximum atomic E-state index is 12.5. The van der Waals surface area contributed by atoms with Crippen LogP contribution in [0.4, 0.5) is 24.5 Å². The molecule has 27 heavy (non-hydrogen) atoms. The molecule has 0 aliphatic rings. The van der Waals surface area contributed by atoms with Gasteiger partial charge in [-0.2, -0.15) is 18.3 Å². The predicted molar refractivity (Wildman–Crippen MR) is 89.6 cm³/mol. The number of rotatable bonds is 4. The molecule has 2 aromatic carbocycles. The number of nitro benzene ring substituents is 1. The van der Waals surface area contributed by atoms with Gasteiger partial charge in [-0.3, -0.25) is 14.9 Å². The Kier molecular flexibility index (Phi) is 4.63. The van der Waals surface area contributed by atoms with E-state index in [-0.39, 0.29) is 17.1 Å². The third kappa shape index (κ3) is 4.11. The molecule has 0 atom stereocenters. The lowest BCUT2D eigenvalue weighted by Crippen LogP contribution is -2.13. The molecule has 3 rings (SSSR count). The van der Waals surface area contributed by atoms with Gasteiger partial charge in [0.15, 0.2) is 5.69 Å². The van der Waals surface area contributed by atoms with Gasteiger partial charge in [0.2, 0.25) is 0 Å². The number of nitro groups is 1. The molecule has 1 heterocycles. The van der Waals surface area contributed by atoms with Crippen LogP contribution < -0.4 is 5.32 Å². The second-order valence-electron chi connectivity index (χ2n) is 5.45. The molecule has 0 radical (unpaired) electrons. The molecule has 138 valence electrons. The molecule has 7 nitrogen and oxygen atoms in total.